The Balaban J connectivity index is 1.91. The minimum Gasteiger partial charge on any atom is -0.438 e. The Morgan fingerprint density at radius 1 is 0.818 bits per heavy atom. The highest BCUT2D eigenvalue weighted by molar-refractivity contribution is 5.64. The SMILES string of the molecule is O=c1cc(-c2ccccc2)oc2cc(-c3ccccc3)nn12. The summed E-state index contributed by atoms with van der Waals surface area (Å²) in [6.07, 6.45) is 0. The molecule has 0 atom stereocenters. The van der Waals surface area contributed by atoms with Gasteiger partial charge in [0.15, 0.2) is 0 Å². The smallest absolute Gasteiger partial charge is 0.277 e. The summed E-state index contributed by atoms with van der Waals surface area (Å²) >= 11 is 0. The lowest BCUT2D eigenvalue weighted by Crippen LogP contribution is -2.12. The van der Waals surface area contributed by atoms with Crippen LogP contribution in [0.3, 0.4) is 0 Å². The summed E-state index contributed by atoms with van der Waals surface area (Å²) in [6.45, 7) is 0. The molecule has 0 bridgehead atoms. The lowest BCUT2D eigenvalue weighted by molar-refractivity contribution is 0.577. The van der Waals surface area contributed by atoms with Crippen molar-refractivity contribution in [2.45, 2.75) is 0 Å². The van der Waals surface area contributed by atoms with E-state index in [0.717, 1.165) is 11.1 Å². The van der Waals surface area contributed by atoms with Gasteiger partial charge in [0.1, 0.15) is 5.76 Å². The van der Waals surface area contributed by atoms with Crippen LogP contribution in [-0.4, -0.2) is 9.61 Å². The molecule has 22 heavy (non-hydrogen) atoms. The van der Waals surface area contributed by atoms with E-state index in [9.17, 15) is 4.79 Å². The number of hydrogen-bond acceptors (Lipinski definition) is 3. The fraction of sp³-hybridized carbons (Fsp3) is 0. The Bertz CT molecular complexity index is 986. The first-order chi connectivity index (χ1) is 10.8. The summed E-state index contributed by atoms with van der Waals surface area (Å²) in [5, 5.41) is 4.33. The van der Waals surface area contributed by atoms with Crippen LogP contribution in [-0.2, 0) is 0 Å². The molecule has 4 heteroatoms. The van der Waals surface area contributed by atoms with Crippen LogP contribution in [0.25, 0.3) is 28.3 Å². The van der Waals surface area contributed by atoms with Gasteiger partial charge in [-0.3, -0.25) is 4.79 Å². The molecule has 2 heterocycles. The monoisotopic (exact) mass is 288 g/mol. The predicted octanol–water partition coefficient (Wildman–Crippen LogP) is 3.62. The first-order valence-corrected chi connectivity index (χ1v) is 6.96. The van der Waals surface area contributed by atoms with E-state index in [-0.39, 0.29) is 5.56 Å². The molecule has 0 aliphatic carbocycles. The van der Waals surface area contributed by atoms with Crippen LogP contribution in [0.15, 0.2) is 82.0 Å². The fourth-order valence-corrected chi connectivity index (χ4v) is 2.40. The molecule has 0 aliphatic heterocycles. The Kier molecular flexibility index (Phi) is 2.86. The van der Waals surface area contributed by atoms with Crippen LogP contribution >= 0.6 is 0 Å². The lowest BCUT2D eigenvalue weighted by Gasteiger charge is -2.00. The van der Waals surface area contributed by atoms with Gasteiger partial charge >= 0.3 is 0 Å². The highest BCUT2D eigenvalue weighted by Gasteiger charge is 2.10. The van der Waals surface area contributed by atoms with E-state index >= 15 is 0 Å². The fourth-order valence-electron chi connectivity index (χ4n) is 2.40. The van der Waals surface area contributed by atoms with Gasteiger partial charge in [-0.15, -0.1) is 0 Å². The van der Waals surface area contributed by atoms with E-state index < -0.39 is 0 Å². The van der Waals surface area contributed by atoms with Gasteiger partial charge in [-0.05, 0) is 0 Å². The summed E-state index contributed by atoms with van der Waals surface area (Å²) in [7, 11) is 0. The van der Waals surface area contributed by atoms with Crippen molar-refractivity contribution in [3.05, 3.63) is 83.2 Å². The van der Waals surface area contributed by atoms with Crippen molar-refractivity contribution >= 4 is 5.71 Å². The quantitative estimate of drug-likeness (QED) is 0.566. The maximum absolute atomic E-state index is 12.3. The molecule has 0 unspecified atom stereocenters. The second-order valence-electron chi connectivity index (χ2n) is 4.96. The van der Waals surface area contributed by atoms with Crippen LogP contribution < -0.4 is 5.56 Å². The third-order valence-corrected chi connectivity index (χ3v) is 3.48. The van der Waals surface area contributed by atoms with Crippen molar-refractivity contribution in [2.75, 3.05) is 0 Å². The average molecular weight is 288 g/mol. The van der Waals surface area contributed by atoms with Gasteiger partial charge in [0.05, 0.1) is 5.69 Å². The lowest BCUT2D eigenvalue weighted by atomic mass is 10.1. The normalized spacial score (nSPS) is 10.9. The van der Waals surface area contributed by atoms with Gasteiger partial charge in [0, 0.05) is 23.3 Å². The summed E-state index contributed by atoms with van der Waals surface area (Å²) in [5.41, 5.74) is 2.76. The predicted molar refractivity (Wildman–Crippen MR) is 84.6 cm³/mol. The zero-order valence-corrected chi connectivity index (χ0v) is 11.6. The van der Waals surface area contributed by atoms with Gasteiger partial charge in [-0.2, -0.15) is 9.61 Å². The number of nitrogens with zero attached hydrogens (tertiary/aromatic N) is 2. The number of hydrogen-bond donors (Lipinski definition) is 0. The molecule has 2 aromatic carbocycles. The van der Waals surface area contributed by atoms with Crippen LogP contribution in [0.5, 0.6) is 0 Å². The van der Waals surface area contributed by atoms with Crippen LogP contribution in [0.2, 0.25) is 0 Å². The van der Waals surface area contributed by atoms with Gasteiger partial charge in [0.2, 0.25) is 5.71 Å². The van der Waals surface area contributed by atoms with Crippen molar-refractivity contribution in [3.63, 3.8) is 0 Å². The zero-order valence-electron chi connectivity index (χ0n) is 11.6. The van der Waals surface area contributed by atoms with Crippen molar-refractivity contribution < 1.29 is 4.42 Å². The van der Waals surface area contributed by atoms with Crippen LogP contribution in [0, 0.1) is 0 Å². The van der Waals surface area contributed by atoms with Gasteiger partial charge in [-0.25, -0.2) is 0 Å². The van der Waals surface area contributed by atoms with E-state index in [0.29, 0.717) is 17.2 Å². The molecule has 0 fully saturated rings. The molecule has 4 aromatic rings. The Morgan fingerprint density at radius 2 is 1.45 bits per heavy atom. The first kappa shape index (κ1) is 12.6. The van der Waals surface area contributed by atoms with E-state index in [1.807, 2.05) is 60.7 Å². The van der Waals surface area contributed by atoms with Crippen LogP contribution in [0.4, 0.5) is 0 Å². The third-order valence-electron chi connectivity index (χ3n) is 3.48. The molecular weight excluding hydrogens is 276 g/mol. The summed E-state index contributed by atoms with van der Waals surface area (Å²) < 4.78 is 7.12. The molecule has 0 saturated carbocycles. The second kappa shape index (κ2) is 5.00. The van der Waals surface area contributed by atoms with E-state index in [1.54, 1.807) is 6.07 Å². The van der Waals surface area contributed by atoms with Crippen molar-refractivity contribution in [1.29, 1.82) is 0 Å². The molecule has 0 spiro atoms. The third kappa shape index (κ3) is 2.11. The van der Waals surface area contributed by atoms with Crippen molar-refractivity contribution in [2.24, 2.45) is 0 Å². The Morgan fingerprint density at radius 3 is 2.14 bits per heavy atom. The highest BCUT2D eigenvalue weighted by Crippen LogP contribution is 2.22. The molecule has 0 amide bonds. The number of aromatic nitrogens is 2. The molecule has 0 radical (unpaired) electrons. The largest absolute Gasteiger partial charge is 0.438 e. The number of fused-ring (bicyclic) bond motifs is 1. The van der Waals surface area contributed by atoms with Crippen LogP contribution in [0.1, 0.15) is 0 Å². The average Bonchev–Trinajstić information content (AvgIpc) is 3.01. The van der Waals surface area contributed by atoms with Gasteiger partial charge < -0.3 is 4.42 Å². The minimum absolute atomic E-state index is 0.206. The molecule has 0 aliphatic rings. The van der Waals surface area contributed by atoms with E-state index in [1.165, 1.54) is 10.6 Å². The van der Waals surface area contributed by atoms with Gasteiger partial charge in [-0.1, -0.05) is 60.7 Å². The highest BCUT2D eigenvalue weighted by atomic mass is 16.3. The molecule has 0 N–H and O–H groups in total. The summed E-state index contributed by atoms with van der Waals surface area (Å²) in [4.78, 5) is 12.3. The number of rotatable bonds is 2. The molecule has 2 aromatic heterocycles. The van der Waals surface area contributed by atoms with Crippen molar-refractivity contribution in [1.82, 2.24) is 9.61 Å². The summed E-state index contributed by atoms with van der Waals surface area (Å²) in [5.74, 6) is 0.539. The molecular formula is C18H12N2O2. The molecule has 106 valence electrons. The maximum atomic E-state index is 12.3. The minimum atomic E-state index is -0.206. The Hall–Kier alpha value is -3.14. The Labute approximate surface area is 126 Å². The molecule has 0 saturated heterocycles. The first-order valence-electron chi connectivity index (χ1n) is 6.96. The van der Waals surface area contributed by atoms with E-state index in [2.05, 4.69) is 5.10 Å². The van der Waals surface area contributed by atoms with E-state index in [4.69, 9.17) is 4.42 Å². The maximum Gasteiger partial charge on any atom is 0.277 e. The molecule has 4 rings (SSSR count). The zero-order chi connectivity index (χ0) is 14.9. The molecule has 4 nitrogen and oxygen atoms in total. The number of benzene rings is 2. The standard InChI is InChI=1S/C18H12N2O2/c21-17-12-16(14-9-5-2-6-10-14)22-18-11-15(19-20(17)18)13-7-3-1-4-8-13/h1-12H. The summed E-state index contributed by atoms with van der Waals surface area (Å²) in [6, 6.07) is 22.5. The van der Waals surface area contributed by atoms with Gasteiger partial charge in [0.25, 0.3) is 5.56 Å². The van der Waals surface area contributed by atoms with Crippen molar-refractivity contribution in [3.8, 4) is 22.6 Å². The topological polar surface area (TPSA) is 47.5 Å². The second-order valence-corrected chi connectivity index (χ2v) is 4.96.